The molecule has 0 aliphatic heterocycles. The molecular formula is C8H8ClNO4. The molecule has 0 atom stereocenters. The minimum absolute atomic E-state index is 0.0620. The van der Waals surface area contributed by atoms with Crippen molar-refractivity contribution in [3.05, 3.63) is 23.1 Å². The molecule has 1 aromatic heterocycles. The van der Waals surface area contributed by atoms with Gasteiger partial charge in [0.2, 0.25) is 0 Å². The van der Waals surface area contributed by atoms with Gasteiger partial charge < -0.3 is 14.8 Å². The molecule has 76 valence electrons. The molecule has 0 unspecified atom stereocenters. The molecule has 0 aromatic carbocycles. The summed E-state index contributed by atoms with van der Waals surface area (Å²) >= 11 is 5.45. The lowest BCUT2D eigenvalue weighted by molar-refractivity contribution is -0.136. The Morgan fingerprint density at radius 1 is 1.50 bits per heavy atom. The molecule has 0 aliphatic rings. The number of amides is 1. The van der Waals surface area contributed by atoms with E-state index in [2.05, 4.69) is 5.32 Å². The highest BCUT2D eigenvalue weighted by Gasteiger charge is 2.09. The molecule has 6 heteroatoms. The number of rotatable bonds is 4. The average molecular weight is 218 g/mol. The molecule has 0 radical (unpaired) electrons. The quantitative estimate of drug-likeness (QED) is 0.793. The van der Waals surface area contributed by atoms with E-state index in [1.165, 1.54) is 12.1 Å². The maximum atomic E-state index is 11.2. The van der Waals surface area contributed by atoms with Gasteiger partial charge in [-0.1, -0.05) is 0 Å². The second-order valence-corrected chi connectivity index (χ2v) is 2.88. The van der Waals surface area contributed by atoms with E-state index in [0.717, 1.165) is 0 Å². The Hall–Kier alpha value is -1.49. The molecule has 1 rings (SSSR count). The van der Waals surface area contributed by atoms with Crippen molar-refractivity contribution in [2.75, 3.05) is 6.54 Å². The monoisotopic (exact) mass is 217 g/mol. The minimum atomic E-state index is -0.970. The maximum Gasteiger partial charge on any atom is 0.305 e. The van der Waals surface area contributed by atoms with Gasteiger partial charge in [0.05, 0.1) is 6.42 Å². The van der Waals surface area contributed by atoms with Gasteiger partial charge in [-0.05, 0) is 23.7 Å². The van der Waals surface area contributed by atoms with Crippen molar-refractivity contribution in [3.63, 3.8) is 0 Å². The van der Waals surface area contributed by atoms with Crippen LogP contribution in [0.25, 0.3) is 0 Å². The summed E-state index contributed by atoms with van der Waals surface area (Å²) in [6.45, 7) is 0.0620. The van der Waals surface area contributed by atoms with Crippen molar-refractivity contribution in [2.45, 2.75) is 6.42 Å². The van der Waals surface area contributed by atoms with Crippen molar-refractivity contribution in [1.29, 1.82) is 0 Å². The van der Waals surface area contributed by atoms with Gasteiger partial charge >= 0.3 is 5.97 Å². The summed E-state index contributed by atoms with van der Waals surface area (Å²) in [6.07, 6.45) is -0.125. The Kier molecular flexibility index (Phi) is 3.53. The molecule has 2 N–H and O–H groups in total. The number of carbonyl (C=O) groups excluding carboxylic acids is 1. The summed E-state index contributed by atoms with van der Waals surface area (Å²) in [5, 5.41) is 10.8. The summed E-state index contributed by atoms with van der Waals surface area (Å²) in [5.74, 6) is -1.37. The van der Waals surface area contributed by atoms with E-state index in [-0.39, 0.29) is 23.9 Å². The zero-order chi connectivity index (χ0) is 10.6. The number of carbonyl (C=O) groups is 2. The Morgan fingerprint density at radius 3 is 2.71 bits per heavy atom. The van der Waals surface area contributed by atoms with Crippen LogP contribution in [0.1, 0.15) is 17.0 Å². The largest absolute Gasteiger partial charge is 0.481 e. The van der Waals surface area contributed by atoms with Crippen LogP contribution in [0, 0.1) is 0 Å². The fraction of sp³-hybridized carbons (Fsp3) is 0.250. The van der Waals surface area contributed by atoms with Crippen LogP contribution < -0.4 is 5.32 Å². The molecule has 0 bridgehead atoms. The molecule has 0 saturated heterocycles. The van der Waals surface area contributed by atoms with Crippen molar-refractivity contribution < 1.29 is 19.1 Å². The minimum Gasteiger partial charge on any atom is -0.481 e. The third kappa shape index (κ3) is 3.10. The highest BCUT2D eigenvalue weighted by molar-refractivity contribution is 6.29. The van der Waals surface area contributed by atoms with Gasteiger partial charge in [-0.25, -0.2) is 0 Å². The Labute approximate surface area is 84.7 Å². The van der Waals surface area contributed by atoms with Crippen molar-refractivity contribution in [3.8, 4) is 0 Å². The van der Waals surface area contributed by atoms with E-state index < -0.39 is 11.9 Å². The van der Waals surface area contributed by atoms with Gasteiger partial charge in [-0.3, -0.25) is 9.59 Å². The number of aliphatic carboxylic acids is 1. The summed E-state index contributed by atoms with van der Waals surface area (Å²) in [4.78, 5) is 21.3. The summed E-state index contributed by atoms with van der Waals surface area (Å²) in [7, 11) is 0. The van der Waals surface area contributed by atoms with Crippen LogP contribution in [0.4, 0.5) is 0 Å². The second-order valence-electron chi connectivity index (χ2n) is 2.50. The SMILES string of the molecule is O=C(O)CCNC(=O)c1ccc(Cl)o1. The van der Waals surface area contributed by atoms with Crippen LogP contribution in [-0.4, -0.2) is 23.5 Å². The summed E-state index contributed by atoms with van der Waals surface area (Å²) < 4.78 is 4.81. The molecule has 1 heterocycles. The molecule has 0 saturated carbocycles. The molecule has 0 aliphatic carbocycles. The molecule has 1 aromatic rings. The third-order valence-electron chi connectivity index (χ3n) is 1.42. The molecule has 0 fully saturated rings. The van der Waals surface area contributed by atoms with Crippen LogP contribution in [-0.2, 0) is 4.79 Å². The summed E-state index contributed by atoms with van der Waals surface area (Å²) in [5.41, 5.74) is 0. The highest BCUT2D eigenvalue weighted by Crippen LogP contribution is 2.12. The molecule has 1 amide bonds. The summed E-state index contributed by atoms with van der Waals surface area (Å²) in [6, 6.07) is 2.85. The zero-order valence-electron chi connectivity index (χ0n) is 7.12. The fourth-order valence-corrected chi connectivity index (χ4v) is 0.953. The van der Waals surface area contributed by atoms with Crippen LogP contribution in [0.5, 0.6) is 0 Å². The fourth-order valence-electron chi connectivity index (χ4n) is 0.806. The Morgan fingerprint density at radius 2 is 2.21 bits per heavy atom. The van der Waals surface area contributed by atoms with Crippen molar-refractivity contribution in [2.24, 2.45) is 0 Å². The van der Waals surface area contributed by atoms with E-state index in [0.29, 0.717) is 0 Å². The first kappa shape index (κ1) is 10.6. The van der Waals surface area contributed by atoms with Gasteiger partial charge in [0.1, 0.15) is 0 Å². The van der Waals surface area contributed by atoms with E-state index in [4.69, 9.17) is 21.1 Å². The number of carboxylic acids is 1. The lowest BCUT2D eigenvalue weighted by Crippen LogP contribution is -2.25. The Balaban J connectivity index is 2.39. The smallest absolute Gasteiger partial charge is 0.305 e. The van der Waals surface area contributed by atoms with Gasteiger partial charge in [0.15, 0.2) is 11.0 Å². The number of carboxylic acid groups (broad SMARTS) is 1. The lowest BCUT2D eigenvalue weighted by Gasteiger charge is -1.99. The lowest BCUT2D eigenvalue weighted by atomic mass is 10.4. The van der Waals surface area contributed by atoms with Crippen LogP contribution >= 0.6 is 11.6 Å². The van der Waals surface area contributed by atoms with Gasteiger partial charge in [0.25, 0.3) is 5.91 Å². The number of nitrogens with one attached hydrogen (secondary N) is 1. The predicted molar refractivity (Wildman–Crippen MR) is 48.3 cm³/mol. The van der Waals surface area contributed by atoms with Crippen molar-refractivity contribution >= 4 is 23.5 Å². The number of hydrogen-bond donors (Lipinski definition) is 2. The maximum absolute atomic E-state index is 11.2. The molecule has 5 nitrogen and oxygen atoms in total. The second kappa shape index (κ2) is 4.66. The zero-order valence-corrected chi connectivity index (χ0v) is 7.87. The predicted octanol–water partition coefficient (Wildman–Crippen LogP) is 1.14. The van der Waals surface area contributed by atoms with E-state index in [1.807, 2.05) is 0 Å². The number of furan rings is 1. The van der Waals surface area contributed by atoms with Crippen LogP contribution in [0.2, 0.25) is 5.22 Å². The van der Waals surface area contributed by atoms with E-state index >= 15 is 0 Å². The first-order valence-electron chi connectivity index (χ1n) is 3.85. The van der Waals surface area contributed by atoms with E-state index in [1.54, 1.807) is 0 Å². The van der Waals surface area contributed by atoms with Crippen molar-refractivity contribution in [1.82, 2.24) is 5.32 Å². The molecule has 0 spiro atoms. The first-order chi connectivity index (χ1) is 6.59. The Bertz CT molecular complexity index is 347. The first-order valence-corrected chi connectivity index (χ1v) is 4.22. The van der Waals surface area contributed by atoms with Gasteiger partial charge in [0, 0.05) is 6.54 Å². The standard InChI is InChI=1S/C8H8ClNO4/c9-6-2-1-5(14-6)8(13)10-4-3-7(11)12/h1-2H,3-4H2,(H,10,13)(H,11,12). The average Bonchev–Trinajstić information content (AvgIpc) is 2.51. The highest BCUT2D eigenvalue weighted by atomic mass is 35.5. The topological polar surface area (TPSA) is 79.5 Å². The van der Waals surface area contributed by atoms with E-state index in [9.17, 15) is 9.59 Å². The third-order valence-corrected chi connectivity index (χ3v) is 1.62. The van der Waals surface area contributed by atoms with Gasteiger partial charge in [-0.2, -0.15) is 0 Å². The molecular weight excluding hydrogens is 210 g/mol. The normalized spacial score (nSPS) is 9.79. The van der Waals surface area contributed by atoms with Crippen LogP contribution in [0.3, 0.4) is 0 Å². The number of halogens is 1. The van der Waals surface area contributed by atoms with Gasteiger partial charge in [-0.15, -0.1) is 0 Å². The number of hydrogen-bond acceptors (Lipinski definition) is 3. The molecule has 14 heavy (non-hydrogen) atoms. The van der Waals surface area contributed by atoms with Crippen LogP contribution in [0.15, 0.2) is 16.5 Å².